The summed E-state index contributed by atoms with van der Waals surface area (Å²) in [6, 6.07) is 4.14. The fourth-order valence-electron chi connectivity index (χ4n) is 2.00. The van der Waals surface area contributed by atoms with Crippen molar-refractivity contribution in [2.75, 3.05) is 20.3 Å². The van der Waals surface area contributed by atoms with Crippen LogP contribution in [0.15, 0.2) is 6.07 Å². The lowest BCUT2D eigenvalue weighted by Crippen LogP contribution is -2.51. The number of unbranched alkanes of at least 4 members (excludes halogenated alkanes) is 1. The lowest BCUT2D eigenvalue weighted by atomic mass is 10.0. The lowest BCUT2D eigenvalue weighted by Gasteiger charge is -2.25. The molecule has 1 amide bonds. The molecule has 0 spiro atoms. The Kier molecular flexibility index (Phi) is 8.42. The molecule has 0 aliphatic rings. The van der Waals surface area contributed by atoms with Gasteiger partial charge in [0.25, 0.3) is 5.91 Å². The Hall–Kier alpha value is -2.24. The molecule has 8 heteroatoms. The van der Waals surface area contributed by atoms with Crippen molar-refractivity contribution in [1.82, 2.24) is 5.32 Å². The van der Waals surface area contributed by atoms with Gasteiger partial charge in [-0.05, 0) is 45.7 Å². The maximum absolute atomic E-state index is 13.5. The van der Waals surface area contributed by atoms with Crippen molar-refractivity contribution in [3.05, 3.63) is 29.8 Å². The second-order valence-corrected chi connectivity index (χ2v) is 6.18. The van der Waals surface area contributed by atoms with Crippen LogP contribution < -0.4 is 15.8 Å². The Balaban J connectivity index is 2.78. The number of nitrogens with one attached hydrogen (secondary N) is 1. The molecule has 0 aliphatic carbocycles. The van der Waals surface area contributed by atoms with E-state index in [4.69, 9.17) is 15.2 Å². The van der Waals surface area contributed by atoms with Gasteiger partial charge in [-0.25, -0.2) is 4.39 Å². The third-order valence-electron chi connectivity index (χ3n) is 3.85. The fraction of sp³-hybridized carbons (Fsp3) is 0.556. The van der Waals surface area contributed by atoms with Crippen LogP contribution in [0.2, 0.25) is 0 Å². The van der Waals surface area contributed by atoms with Gasteiger partial charge in [-0.1, -0.05) is 6.07 Å². The van der Waals surface area contributed by atoms with Crippen molar-refractivity contribution in [2.24, 2.45) is 5.73 Å². The van der Waals surface area contributed by atoms with E-state index in [1.165, 1.54) is 7.11 Å². The van der Waals surface area contributed by atoms with E-state index in [2.05, 4.69) is 11.4 Å². The Morgan fingerprint density at radius 3 is 2.62 bits per heavy atom. The van der Waals surface area contributed by atoms with Crippen molar-refractivity contribution in [1.29, 1.82) is 0 Å². The first-order valence-electron chi connectivity index (χ1n) is 8.22. The Bertz CT molecular complexity index is 603. The summed E-state index contributed by atoms with van der Waals surface area (Å²) in [6.45, 7) is 2.96. The van der Waals surface area contributed by atoms with E-state index >= 15 is 0 Å². The molecule has 0 radical (unpaired) electrons. The molecule has 0 saturated heterocycles. The monoisotopic (exact) mass is 370 g/mol. The standard InChI is InChI=1S/C18H24F2N2O4/c1-18(2,25-3)17(24)22-14(9-4-5-10-21)15(23)11-26-16-12(19)7-6-8-13(16)20/h7,14H,4-5,9-11,21H2,1-3H3,(H,22,24)/t14-/m0/s1. The molecule has 0 unspecified atom stereocenters. The van der Waals surface area contributed by atoms with Crippen LogP contribution in [0, 0.1) is 23.8 Å². The summed E-state index contributed by atoms with van der Waals surface area (Å²) in [5, 5.41) is 2.60. The van der Waals surface area contributed by atoms with Crippen molar-refractivity contribution in [3.63, 3.8) is 0 Å². The van der Waals surface area contributed by atoms with E-state index in [9.17, 15) is 18.4 Å². The number of nitrogens with two attached hydrogens (primary N) is 1. The summed E-state index contributed by atoms with van der Waals surface area (Å²) in [7, 11) is 1.38. The van der Waals surface area contributed by atoms with Crippen LogP contribution in [0.5, 0.6) is 5.75 Å². The highest BCUT2D eigenvalue weighted by Gasteiger charge is 2.31. The minimum atomic E-state index is -1.13. The number of amides is 1. The molecule has 26 heavy (non-hydrogen) atoms. The molecule has 3 N–H and O–H groups in total. The summed E-state index contributed by atoms with van der Waals surface area (Å²) in [5.41, 5.74) is 4.31. The average molecular weight is 370 g/mol. The van der Waals surface area contributed by atoms with Crippen LogP contribution in [0.3, 0.4) is 0 Å². The summed E-state index contributed by atoms with van der Waals surface area (Å²) in [4.78, 5) is 24.7. The number of rotatable bonds is 11. The third-order valence-corrected chi connectivity index (χ3v) is 3.85. The quantitative estimate of drug-likeness (QED) is 0.577. The number of methoxy groups -OCH3 is 1. The Morgan fingerprint density at radius 2 is 2.04 bits per heavy atom. The molecule has 1 atom stereocenters. The number of carbonyl (C=O) groups is 2. The zero-order valence-corrected chi connectivity index (χ0v) is 15.2. The topological polar surface area (TPSA) is 90.6 Å². The van der Waals surface area contributed by atoms with Gasteiger partial charge in [0.05, 0.1) is 6.04 Å². The van der Waals surface area contributed by atoms with Crippen LogP contribution >= 0.6 is 0 Å². The minimum Gasteiger partial charge on any atom is -0.479 e. The van der Waals surface area contributed by atoms with Crippen LogP contribution in [0.4, 0.5) is 8.78 Å². The SMILES string of the molecule is COC(C)(C)C(=O)N[C@@H](CCCCN)C(=O)COc1c(F)c#ccc1F. The molecule has 1 aromatic carbocycles. The third kappa shape index (κ3) is 6.24. The maximum atomic E-state index is 13.5. The van der Waals surface area contributed by atoms with E-state index in [0.717, 1.165) is 6.07 Å². The predicted octanol–water partition coefficient (Wildman–Crippen LogP) is 1.55. The molecular weight excluding hydrogens is 346 g/mol. The first-order valence-corrected chi connectivity index (χ1v) is 8.22. The van der Waals surface area contributed by atoms with E-state index in [1.807, 2.05) is 6.07 Å². The highest BCUT2D eigenvalue weighted by Crippen LogP contribution is 2.19. The number of Topliss-reactive ketones (excluding diaryl/α,β-unsaturated/α-hetero) is 1. The molecule has 0 heterocycles. The van der Waals surface area contributed by atoms with Gasteiger partial charge >= 0.3 is 0 Å². The van der Waals surface area contributed by atoms with E-state index in [1.54, 1.807) is 13.8 Å². The van der Waals surface area contributed by atoms with Gasteiger partial charge in [-0.3, -0.25) is 9.59 Å². The van der Waals surface area contributed by atoms with Gasteiger partial charge in [0, 0.05) is 13.2 Å². The molecule has 1 aromatic rings. The molecule has 1 rings (SSSR count). The lowest BCUT2D eigenvalue weighted by molar-refractivity contribution is -0.142. The van der Waals surface area contributed by atoms with Crippen molar-refractivity contribution in [3.8, 4) is 5.75 Å². The van der Waals surface area contributed by atoms with Gasteiger partial charge in [0.1, 0.15) is 12.2 Å². The molecular formula is C18H24F2N2O4. The maximum Gasteiger partial charge on any atom is 0.252 e. The molecule has 0 saturated carbocycles. The van der Waals surface area contributed by atoms with Crippen molar-refractivity contribution in [2.45, 2.75) is 44.8 Å². The predicted molar refractivity (Wildman–Crippen MR) is 90.5 cm³/mol. The van der Waals surface area contributed by atoms with Crippen LogP contribution in [0.1, 0.15) is 33.1 Å². The van der Waals surface area contributed by atoms with Crippen LogP contribution in [-0.2, 0) is 14.3 Å². The van der Waals surface area contributed by atoms with Crippen LogP contribution in [-0.4, -0.2) is 43.6 Å². The Morgan fingerprint density at radius 1 is 1.35 bits per heavy atom. The summed E-state index contributed by atoms with van der Waals surface area (Å²) >= 11 is 0. The zero-order valence-electron chi connectivity index (χ0n) is 15.2. The number of halogens is 2. The summed E-state index contributed by atoms with van der Waals surface area (Å²) in [6.07, 6.45) is 1.59. The molecule has 0 bridgehead atoms. The van der Waals surface area contributed by atoms with Gasteiger partial charge in [-0.15, -0.1) is 0 Å². The number of carbonyl (C=O) groups excluding carboxylic acids is 2. The number of hydrogen-bond acceptors (Lipinski definition) is 5. The molecule has 0 aromatic heterocycles. The van der Waals surface area contributed by atoms with Gasteiger partial charge in [-0.2, -0.15) is 4.39 Å². The number of hydrogen-bond donors (Lipinski definition) is 2. The largest absolute Gasteiger partial charge is 0.479 e. The fourth-order valence-corrected chi connectivity index (χ4v) is 2.00. The van der Waals surface area contributed by atoms with Gasteiger partial charge in [0.2, 0.25) is 11.6 Å². The smallest absolute Gasteiger partial charge is 0.252 e. The highest BCUT2D eigenvalue weighted by molar-refractivity contribution is 5.92. The first kappa shape index (κ1) is 21.8. The summed E-state index contributed by atoms with van der Waals surface area (Å²) < 4.78 is 37.1. The second kappa shape index (κ2) is 10.0. The first-order chi connectivity index (χ1) is 12.2. The molecule has 144 valence electrons. The summed E-state index contributed by atoms with van der Waals surface area (Å²) in [5.74, 6) is -3.78. The van der Waals surface area contributed by atoms with Crippen molar-refractivity contribution >= 4 is 11.7 Å². The van der Waals surface area contributed by atoms with E-state index in [0.29, 0.717) is 25.8 Å². The molecule has 0 fully saturated rings. The second-order valence-electron chi connectivity index (χ2n) is 6.18. The molecule has 6 nitrogen and oxygen atoms in total. The Labute approximate surface area is 152 Å². The number of ketones is 1. The van der Waals surface area contributed by atoms with Gasteiger partial charge < -0.3 is 20.5 Å². The highest BCUT2D eigenvalue weighted by atomic mass is 19.1. The van der Waals surface area contributed by atoms with Gasteiger partial charge in [0.15, 0.2) is 11.6 Å². The number of ether oxygens (including phenoxy) is 2. The van der Waals surface area contributed by atoms with Crippen molar-refractivity contribution < 1.29 is 27.8 Å². The minimum absolute atomic E-state index is 0.324. The normalized spacial score (nSPS) is 12.2. The average Bonchev–Trinajstić information content (AvgIpc) is 2.60. The van der Waals surface area contributed by atoms with E-state index in [-0.39, 0.29) is 0 Å². The van der Waals surface area contributed by atoms with E-state index < -0.39 is 47.3 Å². The molecule has 0 aliphatic heterocycles. The van der Waals surface area contributed by atoms with Crippen LogP contribution in [0.25, 0.3) is 0 Å². The zero-order chi connectivity index (χ0) is 19.7.